The van der Waals surface area contributed by atoms with E-state index < -0.39 is 36.4 Å². The second kappa shape index (κ2) is 2.18. The molecule has 2 N–H and O–H groups in total. The van der Waals surface area contributed by atoms with Gasteiger partial charge in [0, 0.05) is 0 Å². The molecule has 2 saturated heterocycles. The van der Waals surface area contributed by atoms with Crippen molar-refractivity contribution >= 4 is 11.9 Å². The summed E-state index contributed by atoms with van der Waals surface area (Å²) in [7, 11) is 0. The van der Waals surface area contributed by atoms with E-state index in [0.29, 0.717) is 0 Å². The molecular weight excluding hydrogens is 168 g/mol. The Balaban J connectivity index is 2.24. The average Bonchev–Trinajstić information content (AvgIpc) is 2.43. The second-order valence-electron chi connectivity index (χ2n) is 2.69. The van der Waals surface area contributed by atoms with Gasteiger partial charge in [-0.15, -0.1) is 0 Å². The Kier molecular flexibility index (Phi) is 1.36. The van der Waals surface area contributed by atoms with Crippen LogP contribution in [0.4, 0.5) is 0 Å². The van der Waals surface area contributed by atoms with Crippen LogP contribution in [0.3, 0.4) is 0 Å². The fraction of sp³-hybridized carbons (Fsp3) is 0.667. The molecule has 6 nitrogen and oxygen atoms in total. The van der Waals surface area contributed by atoms with Crippen LogP contribution >= 0.6 is 0 Å². The minimum atomic E-state index is -1.46. The van der Waals surface area contributed by atoms with Crippen LogP contribution in [0, 0.1) is 0 Å². The molecule has 2 rings (SSSR count). The smallest absolute Gasteiger partial charge is 0.339 e. The summed E-state index contributed by atoms with van der Waals surface area (Å²) in [4.78, 5) is 21.3. The predicted molar refractivity (Wildman–Crippen MR) is 31.8 cm³/mol. The van der Waals surface area contributed by atoms with E-state index in [1.807, 2.05) is 0 Å². The Labute approximate surface area is 66.7 Å². The molecule has 1 unspecified atom stereocenters. The van der Waals surface area contributed by atoms with E-state index in [1.54, 1.807) is 0 Å². The van der Waals surface area contributed by atoms with Crippen LogP contribution < -0.4 is 0 Å². The highest BCUT2D eigenvalue weighted by Gasteiger charge is 2.57. The number of rotatable bonds is 0. The maximum atomic E-state index is 10.7. The Morgan fingerprint density at radius 1 is 0.917 bits per heavy atom. The van der Waals surface area contributed by atoms with Crippen molar-refractivity contribution in [2.45, 2.75) is 24.4 Å². The Morgan fingerprint density at radius 3 is 1.58 bits per heavy atom. The number of carbonyl (C=O) groups excluding carboxylic acids is 2. The number of carbonyl (C=O) groups is 2. The molecule has 2 heterocycles. The molecule has 0 saturated carbocycles. The van der Waals surface area contributed by atoms with Crippen LogP contribution in [0.1, 0.15) is 0 Å². The van der Waals surface area contributed by atoms with Crippen LogP contribution in [0.15, 0.2) is 0 Å². The van der Waals surface area contributed by atoms with Crippen LogP contribution in [-0.4, -0.2) is 46.6 Å². The lowest BCUT2D eigenvalue weighted by molar-refractivity contribution is -0.159. The Morgan fingerprint density at radius 2 is 1.25 bits per heavy atom. The largest absolute Gasteiger partial charge is 0.453 e. The minimum absolute atomic E-state index is 0.864. The average molecular weight is 174 g/mol. The van der Waals surface area contributed by atoms with Gasteiger partial charge in [0.15, 0.2) is 24.4 Å². The summed E-state index contributed by atoms with van der Waals surface area (Å²) in [5.74, 6) is -1.73. The molecule has 0 aliphatic carbocycles. The first kappa shape index (κ1) is 7.51. The maximum absolute atomic E-state index is 10.7. The highest BCUT2D eigenvalue weighted by Crippen LogP contribution is 2.28. The number of hydrogen-bond acceptors (Lipinski definition) is 6. The highest BCUT2D eigenvalue weighted by atomic mass is 16.7. The van der Waals surface area contributed by atoms with Crippen LogP contribution in [0.2, 0.25) is 0 Å². The number of aliphatic hydroxyl groups excluding tert-OH is 2. The van der Waals surface area contributed by atoms with E-state index in [-0.39, 0.29) is 0 Å². The van der Waals surface area contributed by atoms with Crippen LogP contribution in [0.5, 0.6) is 0 Å². The molecule has 0 amide bonds. The zero-order valence-electron chi connectivity index (χ0n) is 5.84. The van der Waals surface area contributed by atoms with Gasteiger partial charge in [-0.3, -0.25) is 0 Å². The molecule has 0 aromatic carbocycles. The Bertz CT molecular complexity index is 222. The summed E-state index contributed by atoms with van der Waals surface area (Å²) in [5, 5.41) is 18.1. The predicted octanol–water partition coefficient (Wildman–Crippen LogP) is -2.44. The first-order valence-electron chi connectivity index (χ1n) is 3.38. The van der Waals surface area contributed by atoms with Gasteiger partial charge in [-0.1, -0.05) is 0 Å². The van der Waals surface area contributed by atoms with E-state index in [2.05, 4.69) is 9.47 Å². The third-order valence-electron chi connectivity index (χ3n) is 1.93. The normalized spacial score (nSPS) is 45.5. The molecule has 2 aliphatic rings. The standard InChI is InChI=1S/C6H6O6/c7-1-3-4(12-5(1)9)2(8)6(10)11-3/h1-4,7-8H/t1-,2?,3+,4+/m1/s1. The van der Waals surface area contributed by atoms with Gasteiger partial charge in [0.1, 0.15) is 0 Å². The van der Waals surface area contributed by atoms with E-state index >= 15 is 0 Å². The minimum Gasteiger partial charge on any atom is -0.453 e. The van der Waals surface area contributed by atoms with Gasteiger partial charge >= 0.3 is 11.9 Å². The van der Waals surface area contributed by atoms with Crippen LogP contribution in [0.25, 0.3) is 0 Å². The van der Waals surface area contributed by atoms with Crippen molar-refractivity contribution < 1.29 is 29.3 Å². The molecule has 0 aromatic rings. The highest BCUT2D eigenvalue weighted by molar-refractivity contribution is 5.85. The number of aliphatic hydroxyl groups is 2. The summed E-state index contributed by atoms with van der Waals surface area (Å²) in [6.07, 6.45) is -5.01. The van der Waals surface area contributed by atoms with E-state index in [9.17, 15) is 9.59 Å². The molecule has 0 radical (unpaired) electrons. The summed E-state index contributed by atoms with van der Waals surface area (Å²) in [5.41, 5.74) is 0. The number of fused-ring (bicyclic) bond motifs is 1. The summed E-state index contributed by atoms with van der Waals surface area (Å²) < 4.78 is 8.99. The Hall–Kier alpha value is -1.14. The molecule has 12 heavy (non-hydrogen) atoms. The van der Waals surface area contributed by atoms with E-state index in [1.165, 1.54) is 0 Å². The third kappa shape index (κ3) is 0.759. The summed E-state index contributed by atoms with van der Waals surface area (Å²) in [6.45, 7) is 0. The van der Waals surface area contributed by atoms with Gasteiger partial charge in [0.25, 0.3) is 0 Å². The number of esters is 2. The fourth-order valence-electron chi connectivity index (χ4n) is 1.30. The van der Waals surface area contributed by atoms with E-state index in [4.69, 9.17) is 10.2 Å². The lowest BCUT2D eigenvalue weighted by Crippen LogP contribution is -2.31. The van der Waals surface area contributed by atoms with Gasteiger partial charge in [-0.25, -0.2) is 9.59 Å². The van der Waals surface area contributed by atoms with Gasteiger partial charge in [0.2, 0.25) is 0 Å². The monoisotopic (exact) mass is 174 g/mol. The third-order valence-corrected chi connectivity index (χ3v) is 1.93. The van der Waals surface area contributed by atoms with Crippen LogP contribution in [-0.2, 0) is 19.1 Å². The van der Waals surface area contributed by atoms with Crippen molar-refractivity contribution in [3.8, 4) is 0 Å². The van der Waals surface area contributed by atoms with Crippen molar-refractivity contribution in [2.24, 2.45) is 0 Å². The number of ether oxygens (including phenoxy) is 2. The first-order chi connectivity index (χ1) is 5.61. The zero-order chi connectivity index (χ0) is 8.88. The zero-order valence-corrected chi connectivity index (χ0v) is 5.84. The van der Waals surface area contributed by atoms with Gasteiger partial charge in [-0.2, -0.15) is 0 Å². The molecular formula is C6H6O6. The molecule has 0 bridgehead atoms. The topological polar surface area (TPSA) is 93.1 Å². The van der Waals surface area contributed by atoms with Crippen molar-refractivity contribution in [3.05, 3.63) is 0 Å². The molecule has 0 aromatic heterocycles. The van der Waals surface area contributed by atoms with E-state index in [0.717, 1.165) is 0 Å². The lowest BCUT2D eigenvalue weighted by Gasteiger charge is -2.05. The second-order valence-corrected chi connectivity index (χ2v) is 2.69. The molecule has 4 atom stereocenters. The first-order valence-corrected chi connectivity index (χ1v) is 3.38. The summed E-state index contributed by atoms with van der Waals surface area (Å²) in [6, 6.07) is 0. The summed E-state index contributed by atoms with van der Waals surface area (Å²) >= 11 is 0. The number of hydrogen-bond donors (Lipinski definition) is 2. The SMILES string of the molecule is O=C1O[C@H]2[C@@H](O)C(=O)O[C@H]2C1O. The molecule has 2 aliphatic heterocycles. The van der Waals surface area contributed by atoms with Crippen molar-refractivity contribution in [2.75, 3.05) is 0 Å². The van der Waals surface area contributed by atoms with Gasteiger partial charge < -0.3 is 19.7 Å². The van der Waals surface area contributed by atoms with Crippen molar-refractivity contribution in [1.82, 2.24) is 0 Å². The lowest BCUT2D eigenvalue weighted by atomic mass is 10.1. The maximum Gasteiger partial charge on any atom is 0.339 e. The molecule has 0 spiro atoms. The van der Waals surface area contributed by atoms with Crippen molar-refractivity contribution in [1.29, 1.82) is 0 Å². The van der Waals surface area contributed by atoms with Gasteiger partial charge in [-0.05, 0) is 0 Å². The van der Waals surface area contributed by atoms with Crippen molar-refractivity contribution in [3.63, 3.8) is 0 Å². The molecule has 66 valence electrons. The fourth-order valence-corrected chi connectivity index (χ4v) is 1.30. The van der Waals surface area contributed by atoms with Gasteiger partial charge in [0.05, 0.1) is 0 Å². The molecule has 2 fully saturated rings. The molecule has 6 heteroatoms. The quantitative estimate of drug-likeness (QED) is 0.396.